The molecule has 0 radical (unpaired) electrons. The molecule has 13 nitrogen and oxygen atoms in total. The molecule has 0 bridgehead atoms. The van der Waals surface area contributed by atoms with Gasteiger partial charge in [-0.25, -0.2) is 9.59 Å². The average molecular weight is 579 g/mol. The highest BCUT2D eigenvalue weighted by Gasteiger charge is 2.54. The zero-order valence-electron chi connectivity index (χ0n) is 16.7. The maximum absolute atomic E-state index is 12.9. The van der Waals surface area contributed by atoms with E-state index in [2.05, 4.69) is 15.5 Å². The standard InChI is InChI=1S/C17H18IN5O8S/c1-17(2,15(28)29)31-22-8(7-4-30-16(19)20-7)11(24)21-9-12(25)23-10(14(26)27)6(3-18)5-32-13(9)23/h4,9,13H,3,5H2,1-2H3,(H2,19,20)(H,21,24)(H,26,27)(H,28,29)/b22-8-/t9?,13-/m1/s1. The van der Waals surface area contributed by atoms with E-state index in [4.69, 9.17) is 15.0 Å². The predicted octanol–water partition coefficient (Wildman–Crippen LogP) is 0.0143. The molecule has 1 aromatic rings. The minimum absolute atomic E-state index is 0.0802. The number of oxazole rings is 1. The number of oxime groups is 1. The lowest BCUT2D eigenvalue weighted by Gasteiger charge is -2.49. The molecule has 5 N–H and O–H groups in total. The van der Waals surface area contributed by atoms with Crippen LogP contribution in [0.25, 0.3) is 0 Å². The van der Waals surface area contributed by atoms with Crippen LogP contribution in [0.2, 0.25) is 0 Å². The normalized spacial score (nSPS) is 21.0. The van der Waals surface area contributed by atoms with Gasteiger partial charge in [0.2, 0.25) is 5.60 Å². The minimum Gasteiger partial charge on any atom is -0.478 e. The first kappa shape index (κ1) is 23.8. The van der Waals surface area contributed by atoms with Crippen molar-refractivity contribution >= 4 is 69.8 Å². The number of halogens is 1. The third kappa shape index (κ3) is 4.38. The van der Waals surface area contributed by atoms with Gasteiger partial charge in [0, 0.05) is 10.2 Å². The molecule has 15 heteroatoms. The number of hydrogen-bond donors (Lipinski definition) is 4. The number of nitrogens with one attached hydrogen (secondary N) is 1. The predicted molar refractivity (Wildman–Crippen MR) is 119 cm³/mol. The molecule has 2 amide bonds. The maximum atomic E-state index is 12.9. The summed E-state index contributed by atoms with van der Waals surface area (Å²) in [4.78, 5) is 58.4. The molecular formula is C17H18IN5O8S. The molecule has 2 aliphatic heterocycles. The molecule has 0 aliphatic carbocycles. The van der Waals surface area contributed by atoms with Crippen molar-refractivity contribution in [3.63, 3.8) is 0 Å². The molecule has 0 saturated carbocycles. The fourth-order valence-electron chi connectivity index (χ4n) is 2.80. The fraction of sp³-hybridized carbons (Fsp3) is 0.412. The Morgan fingerprint density at radius 1 is 1.47 bits per heavy atom. The summed E-state index contributed by atoms with van der Waals surface area (Å²) in [5.41, 5.74) is 3.61. The Kier molecular flexibility index (Phi) is 6.68. The van der Waals surface area contributed by atoms with Gasteiger partial charge in [-0.2, -0.15) is 4.98 Å². The van der Waals surface area contributed by atoms with Crippen LogP contribution in [-0.2, 0) is 24.0 Å². The number of amides is 2. The van der Waals surface area contributed by atoms with E-state index in [9.17, 15) is 29.4 Å². The molecule has 1 unspecified atom stereocenters. The van der Waals surface area contributed by atoms with Crippen LogP contribution in [0, 0.1) is 0 Å². The van der Waals surface area contributed by atoms with Gasteiger partial charge in [0.1, 0.15) is 29.1 Å². The molecule has 3 heterocycles. The number of aliphatic carboxylic acids is 2. The second-order valence-corrected chi connectivity index (χ2v) is 9.04. The van der Waals surface area contributed by atoms with Gasteiger partial charge in [0.05, 0.1) is 0 Å². The third-order valence-electron chi connectivity index (χ3n) is 4.56. The van der Waals surface area contributed by atoms with Crippen LogP contribution in [0.3, 0.4) is 0 Å². The molecule has 3 rings (SSSR count). The molecule has 2 atom stereocenters. The number of carboxylic acids is 2. The van der Waals surface area contributed by atoms with Crippen molar-refractivity contribution in [2.75, 3.05) is 15.9 Å². The summed E-state index contributed by atoms with van der Waals surface area (Å²) in [6.07, 6.45) is 1.02. The number of alkyl halides is 1. The number of rotatable bonds is 8. The second kappa shape index (κ2) is 8.97. The summed E-state index contributed by atoms with van der Waals surface area (Å²) >= 11 is 3.34. The first-order chi connectivity index (χ1) is 15.0. The van der Waals surface area contributed by atoms with Crippen molar-refractivity contribution in [1.82, 2.24) is 15.2 Å². The van der Waals surface area contributed by atoms with Gasteiger partial charge in [-0.15, -0.1) is 11.8 Å². The van der Waals surface area contributed by atoms with Crippen molar-refractivity contribution in [2.24, 2.45) is 5.16 Å². The van der Waals surface area contributed by atoms with Gasteiger partial charge in [0.25, 0.3) is 17.8 Å². The Labute approximate surface area is 198 Å². The zero-order chi connectivity index (χ0) is 23.8. The highest BCUT2D eigenvalue weighted by Crippen LogP contribution is 2.40. The molecule has 2 aliphatic rings. The SMILES string of the molecule is CC(C)(O/N=C(\C(=O)NC1C(=O)N2C(C(=O)O)=C(CI)CS[C@H]12)c1coc(N)n1)C(=O)O. The van der Waals surface area contributed by atoms with Crippen LogP contribution in [-0.4, -0.2) is 76.8 Å². The van der Waals surface area contributed by atoms with E-state index < -0.39 is 46.5 Å². The summed E-state index contributed by atoms with van der Waals surface area (Å²) in [7, 11) is 0. The first-order valence-electron chi connectivity index (χ1n) is 8.95. The summed E-state index contributed by atoms with van der Waals surface area (Å²) < 4.78 is 5.32. The molecule has 32 heavy (non-hydrogen) atoms. The molecule has 1 saturated heterocycles. The third-order valence-corrected chi connectivity index (χ3v) is 6.82. The van der Waals surface area contributed by atoms with E-state index in [1.54, 1.807) is 0 Å². The summed E-state index contributed by atoms with van der Waals surface area (Å²) in [6, 6.07) is -1.30. The molecule has 0 aromatic carbocycles. The van der Waals surface area contributed by atoms with Crippen molar-refractivity contribution in [3.8, 4) is 0 Å². The van der Waals surface area contributed by atoms with Crippen LogP contribution in [0.4, 0.5) is 6.01 Å². The Morgan fingerprint density at radius 3 is 2.69 bits per heavy atom. The van der Waals surface area contributed by atoms with E-state index in [1.807, 2.05) is 22.6 Å². The average Bonchev–Trinajstić information content (AvgIpc) is 3.16. The monoisotopic (exact) mass is 579 g/mol. The number of hydrogen-bond acceptors (Lipinski definition) is 10. The molecular weight excluding hydrogens is 561 g/mol. The number of thioether (sulfide) groups is 1. The van der Waals surface area contributed by atoms with E-state index in [0.29, 0.717) is 15.8 Å². The van der Waals surface area contributed by atoms with Crippen LogP contribution in [0.15, 0.2) is 27.1 Å². The first-order valence-corrected chi connectivity index (χ1v) is 11.5. The number of β-lactam (4-membered cyclic amide) rings is 1. The largest absolute Gasteiger partial charge is 0.478 e. The Morgan fingerprint density at radius 2 is 2.16 bits per heavy atom. The number of nitrogens with zero attached hydrogens (tertiary/aromatic N) is 3. The topological polar surface area (TPSA) is 198 Å². The lowest BCUT2D eigenvalue weighted by molar-refractivity contribution is -0.161. The zero-order valence-corrected chi connectivity index (χ0v) is 19.7. The summed E-state index contributed by atoms with van der Waals surface area (Å²) in [5.74, 6) is -3.66. The van der Waals surface area contributed by atoms with Gasteiger partial charge < -0.3 is 30.5 Å². The van der Waals surface area contributed by atoms with E-state index in [0.717, 1.165) is 11.2 Å². The highest BCUT2D eigenvalue weighted by molar-refractivity contribution is 14.1. The number of anilines is 1. The number of fused-ring (bicyclic) bond motifs is 1. The van der Waals surface area contributed by atoms with Gasteiger partial charge in [0.15, 0.2) is 5.71 Å². The summed E-state index contributed by atoms with van der Waals surface area (Å²) in [5, 5.41) is 24.2. The van der Waals surface area contributed by atoms with Crippen molar-refractivity contribution in [2.45, 2.75) is 30.9 Å². The molecule has 1 fully saturated rings. The fourth-order valence-corrected chi connectivity index (χ4v) is 5.14. The molecule has 1 aromatic heterocycles. The number of carbonyl (C=O) groups excluding carboxylic acids is 2. The Bertz CT molecular complexity index is 1050. The van der Waals surface area contributed by atoms with E-state index in [1.165, 1.54) is 25.6 Å². The van der Waals surface area contributed by atoms with Crippen molar-refractivity contribution < 1.29 is 38.6 Å². The van der Waals surface area contributed by atoms with Crippen LogP contribution in [0.5, 0.6) is 0 Å². The lowest BCUT2D eigenvalue weighted by atomic mass is 10.0. The van der Waals surface area contributed by atoms with Crippen molar-refractivity contribution in [3.05, 3.63) is 23.2 Å². The second-order valence-electron chi connectivity index (χ2n) is 7.17. The van der Waals surface area contributed by atoms with Gasteiger partial charge in [-0.1, -0.05) is 27.7 Å². The quantitative estimate of drug-likeness (QED) is 0.106. The van der Waals surface area contributed by atoms with Gasteiger partial charge in [-0.3, -0.25) is 14.5 Å². The van der Waals surface area contributed by atoms with E-state index >= 15 is 0 Å². The number of nitrogens with two attached hydrogens (primary N) is 1. The van der Waals surface area contributed by atoms with E-state index in [-0.39, 0.29) is 17.4 Å². The summed E-state index contributed by atoms with van der Waals surface area (Å²) in [6.45, 7) is 2.45. The minimum atomic E-state index is -1.76. The van der Waals surface area contributed by atoms with Crippen molar-refractivity contribution in [1.29, 1.82) is 0 Å². The molecule has 172 valence electrons. The van der Waals surface area contributed by atoms with Crippen LogP contribution < -0.4 is 11.1 Å². The van der Waals surface area contributed by atoms with Crippen LogP contribution in [0.1, 0.15) is 19.5 Å². The molecule has 0 spiro atoms. The number of nitrogen functional groups attached to an aromatic ring is 1. The smallest absolute Gasteiger partial charge is 0.352 e. The number of carboxylic acid groups (broad SMARTS) is 2. The Balaban J connectivity index is 1.83. The Hall–Kier alpha value is -2.82. The maximum Gasteiger partial charge on any atom is 0.352 e. The lowest BCUT2D eigenvalue weighted by Crippen LogP contribution is -2.71. The van der Waals surface area contributed by atoms with Gasteiger partial charge in [-0.05, 0) is 19.4 Å². The van der Waals surface area contributed by atoms with Crippen LogP contribution >= 0.6 is 34.4 Å². The van der Waals surface area contributed by atoms with Gasteiger partial charge >= 0.3 is 11.9 Å². The highest BCUT2D eigenvalue weighted by atomic mass is 127. The number of aromatic nitrogens is 1. The number of carbonyl (C=O) groups is 4.